The molecular formula is C24H19N3O2. The number of benzene rings is 3. The van der Waals surface area contributed by atoms with Gasteiger partial charge in [-0.15, -0.1) is 0 Å². The van der Waals surface area contributed by atoms with Gasteiger partial charge in [0.2, 0.25) is 11.8 Å². The average molecular weight is 381 g/mol. The van der Waals surface area contributed by atoms with Crippen LogP contribution in [-0.2, 0) is 4.79 Å². The lowest BCUT2D eigenvalue weighted by Crippen LogP contribution is -2.07. The van der Waals surface area contributed by atoms with Gasteiger partial charge in [-0.3, -0.25) is 4.79 Å². The fraction of sp³-hybridized carbons (Fsp3) is 0.0417. The standard InChI is InChI=1S/C24H19N3O2/c1-17-7-6-9-19(15-17)27-23(28)14-13-18-8-2-5-12-22(18)29-24-20-10-3-4-11-21(20)25-16-26-24/h2-16H,1H3,(H,27,28)/b14-13+. The minimum absolute atomic E-state index is 0.210. The van der Waals surface area contributed by atoms with E-state index in [1.54, 1.807) is 6.08 Å². The zero-order valence-corrected chi connectivity index (χ0v) is 15.9. The van der Waals surface area contributed by atoms with Gasteiger partial charge in [-0.25, -0.2) is 9.97 Å². The van der Waals surface area contributed by atoms with E-state index in [1.807, 2.05) is 79.7 Å². The summed E-state index contributed by atoms with van der Waals surface area (Å²) in [4.78, 5) is 20.8. The lowest BCUT2D eigenvalue weighted by atomic mass is 10.2. The summed E-state index contributed by atoms with van der Waals surface area (Å²) in [5.74, 6) is 0.870. The van der Waals surface area contributed by atoms with Crippen molar-refractivity contribution in [3.8, 4) is 11.6 Å². The van der Waals surface area contributed by atoms with Crippen LogP contribution in [0.1, 0.15) is 11.1 Å². The fourth-order valence-corrected chi connectivity index (χ4v) is 2.95. The predicted octanol–water partition coefficient (Wildman–Crippen LogP) is 5.38. The van der Waals surface area contributed by atoms with Crippen molar-refractivity contribution in [3.63, 3.8) is 0 Å². The number of hydrogen-bond acceptors (Lipinski definition) is 4. The maximum absolute atomic E-state index is 12.3. The summed E-state index contributed by atoms with van der Waals surface area (Å²) in [5.41, 5.74) is 3.43. The van der Waals surface area contributed by atoms with E-state index in [0.29, 0.717) is 11.6 Å². The van der Waals surface area contributed by atoms with E-state index in [-0.39, 0.29) is 5.91 Å². The minimum Gasteiger partial charge on any atom is -0.438 e. The molecule has 1 aromatic heterocycles. The van der Waals surface area contributed by atoms with Crippen molar-refractivity contribution in [1.29, 1.82) is 0 Å². The summed E-state index contributed by atoms with van der Waals surface area (Å²) in [7, 11) is 0. The lowest BCUT2D eigenvalue weighted by Gasteiger charge is -2.09. The number of carbonyl (C=O) groups excluding carboxylic acids is 1. The highest BCUT2D eigenvalue weighted by molar-refractivity contribution is 6.02. The van der Waals surface area contributed by atoms with Crippen LogP contribution in [0.15, 0.2) is 85.2 Å². The number of anilines is 1. The Hall–Kier alpha value is -3.99. The molecule has 142 valence electrons. The van der Waals surface area contributed by atoms with Gasteiger partial charge in [0.05, 0.1) is 10.9 Å². The molecule has 5 heteroatoms. The number of ether oxygens (including phenoxy) is 1. The van der Waals surface area contributed by atoms with Gasteiger partial charge in [0, 0.05) is 17.3 Å². The molecule has 0 spiro atoms. The predicted molar refractivity (Wildman–Crippen MR) is 115 cm³/mol. The van der Waals surface area contributed by atoms with Crippen LogP contribution < -0.4 is 10.1 Å². The number of fused-ring (bicyclic) bond motifs is 1. The molecule has 1 heterocycles. The minimum atomic E-state index is -0.210. The Morgan fingerprint density at radius 2 is 1.79 bits per heavy atom. The highest BCUT2D eigenvalue weighted by atomic mass is 16.5. The quantitative estimate of drug-likeness (QED) is 0.471. The first-order chi connectivity index (χ1) is 14.2. The lowest BCUT2D eigenvalue weighted by molar-refractivity contribution is -0.111. The number of nitrogens with one attached hydrogen (secondary N) is 1. The number of rotatable bonds is 5. The highest BCUT2D eigenvalue weighted by Crippen LogP contribution is 2.29. The molecule has 4 aromatic rings. The smallest absolute Gasteiger partial charge is 0.248 e. The third-order valence-electron chi connectivity index (χ3n) is 4.33. The molecule has 0 bridgehead atoms. The van der Waals surface area contributed by atoms with Crippen LogP contribution >= 0.6 is 0 Å². The zero-order chi connectivity index (χ0) is 20.1. The Morgan fingerprint density at radius 1 is 0.966 bits per heavy atom. The normalized spacial score (nSPS) is 10.9. The van der Waals surface area contributed by atoms with Crippen molar-refractivity contribution < 1.29 is 9.53 Å². The number of para-hydroxylation sites is 2. The second-order valence-electron chi connectivity index (χ2n) is 6.53. The molecular weight excluding hydrogens is 362 g/mol. The van der Waals surface area contributed by atoms with Crippen molar-refractivity contribution in [2.24, 2.45) is 0 Å². The summed E-state index contributed by atoms with van der Waals surface area (Å²) in [6.45, 7) is 1.98. The maximum Gasteiger partial charge on any atom is 0.248 e. The van der Waals surface area contributed by atoms with Gasteiger partial charge in [0.15, 0.2) is 0 Å². The van der Waals surface area contributed by atoms with Crippen molar-refractivity contribution >= 4 is 28.6 Å². The second kappa shape index (κ2) is 8.35. The Bertz CT molecular complexity index is 1200. The van der Waals surface area contributed by atoms with E-state index in [2.05, 4.69) is 15.3 Å². The number of aryl methyl sites for hydroxylation is 1. The van der Waals surface area contributed by atoms with Gasteiger partial charge in [-0.1, -0.05) is 42.5 Å². The third-order valence-corrected chi connectivity index (χ3v) is 4.33. The van der Waals surface area contributed by atoms with Crippen molar-refractivity contribution in [3.05, 3.63) is 96.3 Å². The van der Waals surface area contributed by atoms with Crippen LogP contribution in [0.2, 0.25) is 0 Å². The van der Waals surface area contributed by atoms with Crippen LogP contribution in [0.4, 0.5) is 5.69 Å². The van der Waals surface area contributed by atoms with Gasteiger partial charge in [0.25, 0.3) is 0 Å². The number of nitrogens with zero attached hydrogens (tertiary/aromatic N) is 2. The number of aromatic nitrogens is 2. The van der Waals surface area contributed by atoms with Crippen molar-refractivity contribution in [1.82, 2.24) is 9.97 Å². The van der Waals surface area contributed by atoms with Gasteiger partial charge < -0.3 is 10.1 Å². The van der Waals surface area contributed by atoms with Gasteiger partial charge in [-0.05, 0) is 48.9 Å². The first-order valence-corrected chi connectivity index (χ1v) is 9.21. The molecule has 4 rings (SSSR count). The van der Waals surface area contributed by atoms with Gasteiger partial charge in [-0.2, -0.15) is 0 Å². The molecule has 1 amide bonds. The number of amides is 1. The first kappa shape index (κ1) is 18.4. The Balaban J connectivity index is 1.55. The SMILES string of the molecule is Cc1cccc(NC(=O)/C=C/c2ccccc2Oc2ncnc3ccccc23)c1. The molecule has 0 saturated carbocycles. The molecule has 29 heavy (non-hydrogen) atoms. The molecule has 0 radical (unpaired) electrons. The van der Waals surface area contributed by atoms with Crippen LogP contribution in [-0.4, -0.2) is 15.9 Å². The monoisotopic (exact) mass is 381 g/mol. The molecule has 0 aliphatic heterocycles. The van der Waals surface area contributed by atoms with E-state index in [9.17, 15) is 4.79 Å². The molecule has 0 atom stereocenters. The summed E-state index contributed by atoms with van der Waals surface area (Å²) in [6, 6.07) is 22.8. The summed E-state index contributed by atoms with van der Waals surface area (Å²) < 4.78 is 6.06. The van der Waals surface area contributed by atoms with Gasteiger partial charge in [0.1, 0.15) is 12.1 Å². The molecule has 0 fully saturated rings. The molecule has 0 unspecified atom stereocenters. The Morgan fingerprint density at radius 3 is 2.69 bits per heavy atom. The average Bonchev–Trinajstić information content (AvgIpc) is 2.73. The summed E-state index contributed by atoms with van der Waals surface area (Å²) >= 11 is 0. The fourth-order valence-electron chi connectivity index (χ4n) is 2.95. The molecule has 5 nitrogen and oxygen atoms in total. The van der Waals surface area contributed by atoms with Crippen LogP contribution in [0.5, 0.6) is 11.6 Å². The molecule has 0 aliphatic rings. The van der Waals surface area contributed by atoms with Crippen LogP contribution in [0, 0.1) is 6.92 Å². The van der Waals surface area contributed by atoms with Gasteiger partial charge >= 0.3 is 0 Å². The van der Waals surface area contributed by atoms with Crippen molar-refractivity contribution in [2.75, 3.05) is 5.32 Å². The molecule has 3 aromatic carbocycles. The van der Waals surface area contributed by atoms with E-state index < -0.39 is 0 Å². The maximum atomic E-state index is 12.3. The van der Waals surface area contributed by atoms with E-state index >= 15 is 0 Å². The summed E-state index contributed by atoms with van der Waals surface area (Å²) in [6.07, 6.45) is 4.69. The Kier molecular flexibility index (Phi) is 5.29. The topological polar surface area (TPSA) is 64.1 Å². The third kappa shape index (κ3) is 4.47. The van der Waals surface area contributed by atoms with E-state index in [4.69, 9.17) is 4.74 Å². The van der Waals surface area contributed by atoms with E-state index in [1.165, 1.54) is 12.4 Å². The van der Waals surface area contributed by atoms with E-state index in [0.717, 1.165) is 27.7 Å². The molecule has 1 N–H and O–H groups in total. The molecule has 0 saturated heterocycles. The Labute approximate surface area is 168 Å². The first-order valence-electron chi connectivity index (χ1n) is 9.21. The van der Waals surface area contributed by atoms with Crippen LogP contribution in [0.25, 0.3) is 17.0 Å². The molecule has 0 aliphatic carbocycles. The second-order valence-corrected chi connectivity index (χ2v) is 6.53. The zero-order valence-electron chi connectivity index (χ0n) is 15.9. The van der Waals surface area contributed by atoms with Crippen LogP contribution in [0.3, 0.4) is 0 Å². The van der Waals surface area contributed by atoms with Crippen molar-refractivity contribution in [2.45, 2.75) is 6.92 Å². The highest BCUT2D eigenvalue weighted by Gasteiger charge is 2.08. The number of carbonyl (C=O) groups is 1. The largest absolute Gasteiger partial charge is 0.438 e. The number of hydrogen-bond donors (Lipinski definition) is 1. The summed E-state index contributed by atoms with van der Waals surface area (Å²) in [5, 5.41) is 3.68.